The minimum atomic E-state index is -0.250. The van der Waals surface area contributed by atoms with Gasteiger partial charge in [0, 0.05) is 43.7 Å². The van der Waals surface area contributed by atoms with Crippen LogP contribution in [0.2, 0.25) is 0 Å². The summed E-state index contributed by atoms with van der Waals surface area (Å²) in [5.74, 6) is 0.605. The summed E-state index contributed by atoms with van der Waals surface area (Å²) in [6.07, 6.45) is 1.32. The SMILES string of the molecule is Cc1c(C(=O)N2CCN(c3ccccc3F)CC2)oc2c1/C(=N\O)CC(C)(C)C2. The maximum Gasteiger partial charge on any atom is 0.289 e. The molecule has 0 saturated carbocycles. The average molecular weight is 399 g/mol. The first-order valence-electron chi connectivity index (χ1n) is 9.93. The van der Waals surface area contributed by atoms with Gasteiger partial charge in [0.25, 0.3) is 5.91 Å². The molecule has 1 saturated heterocycles. The zero-order valence-corrected chi connectivity index (χ0v) is 17.0. The van der Waals surface area contributed by atoms with Gasteiger partial charge in [0.05, 0.1) is 11.4 Å². The molecule has 2 aromatic rings. The smallest absolute Gasteiger partial charge is 0.289 e. The highest BCUT2D eigenvalue weighted by atomic mass is 19.1. The number of nitrogens with zero attached hydrogens (tertiary/aromatic N) is 3. The lowest BCUT2D eigenvalue weighted by atomic mass is 9.75. The first-order chi connectivity index (χ1) is 13.8. The third kappa shape index (κ3) is 3.50. The van der Waals surface area contributed by atoms with Crippen molar-refractivity contribution in [2.75, 3.05) is 31.1 Å². The molecular formula is C22H26FN3O3. The van der Waals surface area contributed by atoms with E-state index in [9.17, 15) is 14.4 Å². The van der Waals surface area contributed by atoms with E-state index in [1.807, 2.05) is 17.9 Å². The molecule has 0 spiro atoms. The van der Waals surface area contributed by atoms with Crippen molar-refractivity contribution in [3.63, 3.8) is 0 Å². The first-order valence-corrected chi connectivity index (χ1v) is 9.93. The molecule has 1 amide bonds. The summed E-state index contributed by atoms with van der Waals surface area (Å²) < 4.78 is 20.0. The van der Waals surface area contributed by atoms with Gasteiger partial charge in [-0.15, -0.1) is 0 Å². The van der Waals surface area contributed by atoms with Gasteiger partial charge in [-0.1, -0.05) is 31.1 Å². The monoisotopic (exact) mass is 399 g/mol. The number of oxime groups is 1. The van der Waals surface area contributed by atoms with Gasteiger partial charge in [0.1, 0.15) is 11.6 Å². The van der Waals surface area contributed by atoms with Crippen molar-refractivity contribution in [3.05, 3.63) is 52.7 Å². The van der Waals surface area contributed by atoms with Crippen molar-refractivity contribution in [1.29, 1.82) is 0 Å². The van der Waals surface area contributed by atoms with Crippen molar-refractivity contribution in [3.8, 4) is 0 Å². The van der Waals surface area contributed by atoms with Crippen LogP contribution in [0.5, 0.6) is 0 Å². The Morgan fingerprint density at radius 3 is 2.52 bits per heavy atom. The van der Waals surface area contributed by atoms with Crippen LogP contribution in [0.3, 0.4) is 0 Å². The number of amides is 1. The largest absolute Gasteiger partial charge is 0.455 e. The second-order valence-electron chi connectivity index (χ2n) is 8.65. The van der Waals surface area contributed by atoms with E-state index >= 15 is 0 Å². The number of halogens is 1. The molecule has 0 unspecified atom stereocenters. The molecule has 154 valence electrons. The number of rotatable bonds is 2. The molecule has 1 fully saturated rings. The van der Waals surface area contributed by atoms with Crippen LogP contribution < -0.4 is 4.90 Å². The molecule has 2 aliphatic rings. The van der Waals surface area contributed by atoms with Crippen LogP contribution in [0.1, 0.15) is 47.7 Å². The van der Waals surface area contributed by atoms with E-state index in [4.69, 9.17) is 4.42 Å². The topological polar surface area (TPSA) is 69.3 Å². The van der Waals surface area contributed by atoms with Crippen molar-refractivity contribution in [2.24, 2.45) is 10.6 Å². The van der Waals surface area contributed by atoms with E-state index in [0.29, 0.717) is 61.9 Å². The molecule has 0 radical (unpaired) electrons. The Morgan fingerprint density at radius 1 is 1.17 bits per heavy atom. The molecule has 29 heavy (non-hydrogen) atoms. The number of furan rings is 1. The maximum atomic E-state index is 14.0. The Morgan fingerprint density at radius 2 is 1.86 bits per heavy atom. The fourth-order valence-electron chi connectivity index (χ4n) is 4.41. The van der Waals surface area contributed by atoms with E-state index in [0.717, 1.165) is 11.1 Å². The van der Waals surface area contributed by atoms with Gasteiger partial charge >= 0.3 is 0 Å². The van der Waals surface area contributed by atoms with Crippen molar-refractivity contribution < 1.29 is 18.8 Å². The number of anilines is 1. The number of hydrogen-bond donors (Lipinski definition) is 1. The van der Waals surface area contributed by atoms with E-state index in [2.05, 4.69) is 19.0 Å². The summed E-state index contributed by atoms with van der Waals surface area (Å²) in [5.41, 5.74) is 2.53. The van der Waals surface area contributed by atoms with Crippen molar-refractivity contribution >= 4 is 17.3 Å². The highest BCUT2D eigenvalue weighted by molar-refractivity contribution is 6.06. The number of fused-ring (bicyclic) bond motifs is 1. The normalized spacial score (nSPS) is 20.1. The van der Waals surface area contributed by atoms with Gasteiger partial charge in [-0.05, 0) is 30.9 Å². The van der Waals surface area contributed by atoms with Crippen LogP contribution in [0, 0.1) is 18.2 Å². The molecule has 7 heteroatoms. The average Bonchev–Trinajstić information content (AvgIpc) is 3.02. The van der Waals surface area contributed by atoms with Crippen LogP contribution >= 0.6 is 0 Å². The molecule has 1 aromatic heterocycles. The molecule has 6 nitrogen and oxygen atoms in total. The molecule has 0 bridgehead atoms. The van der Waals surface area contributed by atoms with E-state index in [1.54, 1.807) is 17.0 Å². The Balaban J connectivity index is 1.53. The molecule has 1 aliphatic carbocycles. The number of carbonyl (C=O) groups excluding carboxylic acids is 1. The molecule has 1 aliphatic heterocycles. The number of hydrogen-bond acceptors (Lipinski definition) is 5. The van der Waals surface area contributed by atoms with Gasteiger partial charge in [-0.25, -0.2) is 4.39 Å². The summed E-state index contributed by atoms with van der Waals surface area (Å²) in [6, 6.07) is 6.69. The molecule has 1 N–H and O–H groups in total. The van der Waals surface area contributed by atoms with Gasteiger partial charge in [-0.3, -0.25) is 4.79 Å². The zero-order valence-electron chi connectivity index (χ0n) is 17.0. The van der Waals surface area contributed by atoms with Crippen LogP contribution in [0.4, 0.5) is 10.1 Å². The minimum absolute atomic E-state index is 0.0927. The second kappa shape index (κ2) is 7.21. The van der Waals surface area contributed by atoms with Crippen LogP contribution in [-0.2, 0) is 6.42 Å². The standard InChI is InChI=1S/C22H26FN3O3/c1-14-19-16(24-28)12-22(2,3)13-18(19)29-20(14)21(27)26-10-8-25(9-11-26)17-7-5-4-6-15(17)23/h4-7,28H,8-13H2,1-3H3/b24-16-. The van der Waals surface area contributed by atoms with Crippen LogP contribution in [0.25, 0.3) is 0 Å². The fraction of sp³-hybridized carbons (Fsp3) is 0.455. The summed E-state index contributed by atoms with van der Waals surface area (Å²) in [5, 5.41) is 12.9. The Bertz CT molecular complexity index is 972. The second-order valence-corrected chi connectivity index (χ2v) is 8.65. The minimum Gasteiger partial charge on any atom is -0.455 e. The highest BCUT2D eigenvalue weighted by Crippen LogP contribution is 2.39. The fourth-order valence-corrected chi connectivity index (χ4v) is 4.41. The Labute approximate surface area is 169 Å². The molecule has 1 aromatic carbocycles. The Hall–Kier alpha value is -2.83. The van der Waals surface area contributed by atoms with Crippen molar-refractivity contribution in [2.45, 2.75) is 33.6 Å². The van der Waals surface area contributed by atoms with Gasteiger partial charge < -0.3 is 19.4 Å². The summed E-state index contributed by atoms with van der Waals surface area (Å²) in [4.78, 5) is 16.8. The van der Waals surface area contributed by atoms with E-state index in [1.165, 1.54) is 6.07 Å². The van der Waals surface area contributed by atoms with E-state index in [-0.39, 0.29) is 17.1 Å². The molecule has 0 atom stereocenters. The van der Waals surface area contributed by atoms with Crippen LogP contribution in [0.15, 0.2) is 33.8 Å². The van der Waals surface area contributed by atoms with Crippen molar-refractivity contribution in [1.82, 2.24) is 4.90 Å². The molecular weight excluding hydrogens is 373 g/mol. The third-order valence-corrected chi connectivity index (χ3v) is 5.87. The zero-order chi connectivity index (χ0) is 20.8. The lowest BCUT2D eigenvalue weighted by molar-refractivity contribution is 0.0710. The number of benzene rings is 1. The highest BCUT2D eigenvalue weighted by Gasteiger charge is 2.37. The van der Waals surface area contributed by atoms with Gasteiger partial charge in [0.2, 0.25) is 0 Å². The van der Waals surface area contributed by atoms with Gasteiger partial charge in [0.15, 0.2) is 5.76 Å². The summed E-state index contributed by atoms with van der Waals surface area (Å²) in [7, 11) is 0. The molecule has 2 heterocycles. The van der Waals surface area contributed by atoms with Crippen LogP contribution in [-0.4, -0.2) is 47.9 Å². The predicted molar refractivity (Wildman–Crippen MR) is 108 cm³/mol. The lowest BCUT2D eigenvalue weighted by Gasteiger charge is -2.35. The third-order valence-electron chi connectivity index (χ3n) is 5.87. The maximum absolute atomic E-state index is 14.0. The number of piperazine rings is 1. The van der Waals surface area contributed by atoms with Gasteiger partial charge in [-0.2, -0.15) is 0 Å². The quantitative estimate of drug-likeness (QED) is 0.615. The summed E-state index contributed by atoms with van der Waals surface area (Å²) >= 11 is 0. The number of para-hydroxylation sites is 1. The number of carbonyl (C=O) groups is 1. The lowest BCUT2D eigenvalue weighted by Crippen LogP contribution is -2.49. The summed E-state index contributed by atoms with van der Waals surface area (Å²) in [6.45, 7) is 8.11. The first kappa shape index (κ1) is 19.5. The van der Waals surface area contributed by atoms with E-state index < -0.39 is 0 Å². The predicted octanol–water partition coefficient (Wildman–Crippen LogP) is 3.84. The molecule has 4 rings (SSSR count). The Kier molecular flexibility index (Phi) is 4.84.